The van der Waals surface area contributed by atoms with Gasteiger partial charge >= 0.3 is 5.97 Å². The fourth-order valence-electron chi connectivity index (χ4n) is 0.902. The van der Waals surface area contributed by atoms with Gasteiger partial charge in [-0.15, -0.1) is 10.2 Å². The molecule has 0 atom stereocenters. The van der Waals surface area contributed by atoms with Crippen LogP contribution in [0.2, 0.25) is 0 Å². The minimum atomic E-state index is -1.07. The Bertz CT molecular complexity index is 455. The fraction of sp³-hybridized carbons (Fsp3) is 0. The molecule has 6 heteroatoms. The van der Waals surface area contributed by atoms with Crippen molar-refractivity contribution >= 4 is 17.3 Å². The van der Waals surface area contributed by atoms with E-state index in [1.54, 1.807) is 18.3 Å². The van der Waals surface area contributed by atoms with Crippen LogP contribution in [0.25, 0.3) is 10.7 Å². The number of hydrogen-bond donors (Lipinski definition) is 1. The lowest BCUT2D eigenvalue weighted by Gasteiger charge is -1.89. The van der Waals surface area contributed by atoms with Crippen LogP contribution in [0, 0.1) is 0 Å². The van der Waals surface area contributed by atoms with Crippen molar-refractivity contribution in [2.75, 3.05) is 0 Å². The van der Waals surface area contributed by atoms with Crippen LogP contribution < -0.4 is 0 Å². The first-order valence-electron chi connectivity index (χ1n) is 3.75. The van der Waals surface area contributed by atoms with E-state index in [9.17, 15) is 4.79 Å². The predicted octanol–water partition coefficient (Wildman–Crippen LogP) is 1.30. The first-order chi connectivity index (χ1) is 6.77. The van der Waals surface area contributed by atoms with Crippen LogP contribution in [-0.4, -0.2) is 26.3 Å². The number of rotatable bonds is 2. The molecule has 5 nitrogen and oxygen atoms in total. The van der Waals surface area contributed by atoms with Crippen molar-refractivity contribution in [2.45, 2.75) is 0 Å². The van der Waals surface area contributed by atoms with Gasteiger partial charge in [-0.2, -0.15) is 0 Å². The Balaban J connectivity index is 2.39. The summed E-state index contributed by atoms with van der Waals surface area (Å²) in [5.74, 6) is -1.07. The highest BCUT2D eigenvalue weighted by Gasteiger charge is 2.12. The molecule has 2 heterocycles. The van der Waals surface area contributed by atoms with Crippen LogP contribution in [0.3, 0.4) is 0 Å². The van der Waals surface area contributed by atoms with Gasteiger partial charge in [0.15, 0.2) is 5.01 Å². The average Bonchev–Trinajstić information content (AvgIpc) is 2.68. The predicted molar refractivity (Wildman–Crippen MR) is 50.1 cm³/mol. The molecule has 14 heavy (non-hydrogen) atoms. The second-order valence-electron chi connectivity index (χ2n) is 2.43. The average molecular weight is 207 g/mol. The van der Waals surface area contributed by atoms with E-state index in [4.69, 9.17) is 5.11 Å². The van der Waals surface area contributed by atoms with Crippen molar-refractivity contribution in [3.8, 4) is 10.7 Å². The Morgan fingerprint density at radius 3 is 2.79 bits per heavy atom. The molecule has 0 amide bonds. The van der Waals surface area contributed by atoms with Gasteiger partial charge < -0.3 is 5.11 Å². The molecule has 0 saturated heterocycles. The van der Waals surface area contributed by atoms with Crippen molar-refractivity contribution in [3.63, 3.8) is 0 Å². The molecule has 0 aliphatic heterocycles. The number of aromatic nitrogens is 3. The number of carboxylic acid groups (broad SMARTS) is 1. The molecule has 0 saturated carbocycles. The van der Waals surface area contributed by atoms with E-state index in [0.717, 1.165) is 11.3 Å². The van der Waals surface area contributed by atoms with E-state index in [1.165, 1.54) is 0 Å². The van der Waals surface area contributed by atoms with E-state index in [1.807, 2.05) is 6.07 Å². The molecule has 1 N–H and O–H groups in total. The van der Waals surface area contributed by atoms with E-state index in [0.29, 0.717) is 10.7 Å². The summed E-state index contributed by atoms with van der Waals surface area (Å²) in [6.45, 7) is 0. The van der Waals surface area contributed by atoms with Gasteiger partial charge in [-0.05, 0) is 12.1 Å². The molecule has 0 fully saturated rings. The molecule has 0 aromatic carbocycles. The number of hydrogen-bond acceptors (Lipinski definition) is 5. The topological polar surface area (TPSA) is 76.0 Å². The Kier molecular flexibility index (Phi) is 2.19. The SMILES string of the molecule is O=C(O)c1nnc(-c2ccccn2)s1. The maximum absolute atomic E-state index is 10.5. The quantitative estimate of drug-likeness (QED) is 0.803. The van der Waals surface area contributed by atoms with Crippen molar-refractivity contribution in [1.29, 1.82) is 0 Å². The van der Waals surface area contributed by atoms with Gasteiger partial charge in [-0.25, -0.2) is 4.79 Å². The second-order valence-corrected chi connectivity index (χ2v) is 3.41. The maximum atomic E-state index is 10.5. The monoisotopic (exact) mass is 207 g/mol. The zero-order valence-corrected chi connectivity index (χ0v) is 7.73. The molecule has 0 aliphatic carbocycles. The van der Waals surface area contributed by atoms with Crippen LogP contribution >= 0.6 is 11.3 Å². The molecule has 0 bridgehead atoms. The Morgan fingerprint density at radius 1 is 1.36 bits per heavy atom. The van der Waals surface area contributed by atoms with Gasteiger partial charge in [0.2, 0.25) is 5.01 Å². The molecular formula is C8H5N3O2S. The summed E-state index contributed by atoms with van der Waals surface area (Å²) < 4.78 is 0. The molecule has 2 aromatic heterocycles. The molecule has 0 spiro atoms. The zero-order valence-electron chi connectivity index (χ0n) is 6.91. The highest BCUT2D eigenvalue weighted by atomic mass is 32.1. The lowest BCUT2D eigenvalue weighted by atomic mass is 10.4. The third kappa shape index (κ3) is 1.60. The number of carboxylic acids is 1. The van der Waals surface area contributed by atoms with Crippen LogP contribution in [0.15, 0.2) is 24.4 Å². The van der Waals surface area contributed by atoms with E-state index >= 15 is 0 Å². The summed E-state index contributed by atoms with van der Waals surface area (Å²) >= 11 is 1.01. The summed E-state index contributed by atoms with van der Waals surface area (Å²) in [6, 6.07) is 5.35. The molecule has 70 valence electrons. The molecule has 0 radical (unpaired) electrons. The van der Waals surface area contributed by atoms with E-state index in [2.05, 4.69) is 15.2 Å². The fourth-order valence-corrected chi connectivity index (χ4v) is 1.56. The Hall–Kier alpha value is -1.82. The molecule has 2 aromatic rings. The summed E-state index contributed by atoms with van der Waals surface area (Å²) in [5, 5.41) is 16.4. The van der Waals surface area contributed by atoms with Gasteiger partial charge in [-0.1, -0.05) is 17.4 Å². The number of carbonyl (C=O) groups is 1. The number of nitrogens with zero attached hydrogens (tertiary/aromatic N) is 3. The lowest BCUT2D eigenvalue weighted by Crippen LogP contribution is -1.93. The van der Waals surface area contributed by atoms with Gasteiger partial charge in [0, 0.05) is 6.20 Å². The van der Waals surface area contributed by atoms with Crippen LogP contribution in [0.5, 0.6) is 0 Å². The third-order valence-electron chi connectivity index (χ3n) is 1.49. The summed E-state index contributed by atoms with van der Waals surface area (Å²) in [6.07, 6.45) is 1.62. The molecule has 0 aliphatic rings. The molecule has 2 rings (SSSR count). The maximum Gasteiger partial charge on any atom is 0.367 e. The van der Waals surface area contributed by atoms with E-state index < -0.39 is 5.97 Å². The van der Waals surface area contributed by atoms with Gasteiger partial charge in [-0.3, -0.25) is 4.98 Å². The summed E-state index contributed by atoms with van der Waals surface area (Å²) in [7, 11) is 0. The summed E-state index contributed by atoms with van der Waals surface area (Å²) in [5.41, 5.74) is 0.637. The van der Waals surface area contributed by atoms with Crippen molar-refractivity contribution < 1.29 is 9.90 Å². The van der Waals surface area contributed by atoms with Crippen molar-refractivity contribution in [2.24, 2.45) is 0 Å². The van der Waals surface area contributed by atoms with Crippen LogP contribution in [-0.2, 0) is 0 Å². The highest BCUT2D eigenvalue weighted by Crippen LogP contribution is 2.20. The first-order valence-corrected chi connectivity index (χ1v) is 4.57. The van der Waals surface area contributed by atoms with Gasteiger partial charge in [0.1, 0.15) is 5.69 Å². The minimum Gasteiger partial charge on any atom is -0.476 e. The standard InChI is InChI=1S/C8H5N3O2S/c12-8(13)7-11-10-6(14-7)5-3-1-2-4-9-5/h1-4H,(H,12,13). The molecule has 0 unspecified atom stereocenters. The second kappa shape index (κ2) is 3.51. The molecular weight excluding hydrogens is 202 g/mol. The van der Waals surface area contributed by atoms with E-state index in [-0.39, 0.29) is 5.01 Å². The zero-order chi connectivity index (χ0) is 9.97. The number of aromatic carboxylic acids is 1. The Morgan fingerprint density at radius 2 is 2.21 bits per heavy atom. The lowest BCUT2D eigenvalue weighted by molar-refractivity contribution is 0.0695. The number of pyridine rings is 1. The first kappa shape index (κ1) is 8.76. The van der Waals surface area contributed by atoms with Crippen molar-refractivity contribution in [1.82, 2.24) is 15.2 Å². The van der Waals surface area contributed by atoms with Crippen molar-refractivity contribution in [3.05, 3.63) is 29.4 Å². The normalized spacial score (nSPS) is 10.0. The largest absolute Gasteiger partial charge is 0.476 e. The summed E-state index contributed by atoms with van der Waals surface area (Å²) in [4.78, 5) is 14.6. The van der Waals surface area contributed by atoms with Crippen LogP contribution in [0.1, 0.15) is 9.80 Å². The Labute approximate surface area is 83.1 Å². The highest BCUT2D eigenvalue weighted by molar-refractivity contribution is 7.16. The smallest absolute Gasteiger partial charge is 0.367 e. The van der Waals surface area contributed by atoms with Crippen LogP contribution in [0.4, 0.5) is 0 Å². The van der Waals surface area contributed by atoms with Gasteiger partial charge in [0.05, 0.1) is 0 Å². The third-order valence-corrected chi connectivity index (χ3v) is 2.43. The minimum absolute atomic E-state index is 0.0225. The van der Waals surface area contributed by atoms with Gasteiger partial charge in [0.25, 0.3) is 0 Å².